The number of nitrogens with one attached hydrogen (secondary N) is 2. The Bertz CT molecular complexity index is 1490. The van der Waals surface area contributed by atoms with Gasteiger partial charge in [-0.3, -0.25) is 9.59 Å². The van der Waals surface area contributed by atoms with Crippen LogP contribution in [0.4, 0.5) is 5.69 Å². The Morgan fingerprint density at radius 3 is 2.51 bits per heavy atom. The molecule has 0 aliphatic heterocycles. The predicted octanol–water partition coefficient (Wildman–Crippen LogP) is 6.54. The summed E-state index contributed by atoms with van der Waals surface area (Å²) in [6, 6.07) is 25.1. The fourth-order valence-electron chi connectivity index (χ4n) is 5.36. The smallest absolute Gasteiger partial charge is 0.251 e. The van der Waals surface area contributed by atoms with Gasteiger partial charge in [-0.2, -0.15) is 0 Å². The lowest BCUT2D eigenvalue weighted by Crippen LogP contribution is -2.46. The van der Waals surface area contributed by atoms with Crippen molar-refractivity contribution in [2.75, 3.05) is 19.4 Å². The maximum atomic E-state index is 13.3. The van der Waals surface area contributed by atoms with Gasteiger partial charge in [-0.05, 0) is 86.1 Å². The molecule has 1 aliphatic carbocycles. The number of anilines is 1. The van der Waals surface area contributed by atoms with Crippen LogP contribution in [0.5, 0.6) is 0 Å². The van der Waals surface area contributed by atoms with Crippen molar-refractivity contribution >= 4 is 40.0 Å². The molecule has 3 aromatic carbocycles. The number of hydrogen-bond donors (Lipinski definition) is 2. The van der Waals surface area contributed by atoms with Gasteiger partial charge in [0.25, 0.3) is 5.91 Å². The maximum absolute atomic E-state index is 13.3. The number of pyridine rings is 1. The molecule has 0 radical (unpaired) electrons. The first-order valence-electron chi connectivity index (χ1n) is 13.4. The molecule has 0 spiro atoms. The lowest BCUT2D eigenvalue weighted by atomic mass is 9.83. The zero-order valence-electron chi connectivity index (χ0n) is 22.3. The quantitative estimate of drug-likeness (QED) is 0.261. The molecule has 1 aromatic heterocycles. The van der Waals surface area contributed by atoms with Crippen LogP contribution in [-0.4, -0.2) is 41.8 Å². The highest BCUT2D eigenvalue weighted by molar-refractivity contribution is 6.29. The highest BCUT2D eigenvalue weighted by Crippen LogP contribution is 2.29. The van der Waals surface area contributed by atoms with Gasteiger partial charge in [0.15, 0.2) is 0 Å². The lowest BCUT2D eigenvalue weighted by molar-refractivity contribution is -0.121. The average molecular weight is 541 g/mol. The van der Waals surface area contributed by atoms with Crippen molar-refractivity contribution in [3.8, 4) is 11.1 Å². The first-order chi connectivity index (χ1) is 18.9. The van der Waals surface area contributed by atoms with Crippen molar-refractivity contribution < 1.29 is 9.59 Å². The number of fused-ring (bicyclic) bond motifs is 1. The molecule has 1 aliphatic rings. The molecule has 2 amide bonds. The molecule has 7 heteroatoms. The van der Waals surface area contributed by atoms with E-state index < -0.39 is 0 Å². The van der Waals surface area contributed by atoms with Crippen LogP contribution in [0, 0.1) is 5.92 Å². The fourth-order valence-corrected chi connectivity index (χ4v) is 5.51. The van der Waals surface area contributed by atoms with Gasteiger partial charge in [-0.1, -0.05) is 60.8 Å². The summed E-state index contributed by atoms with van der Waals surface area (Å²) in [6.07, 6.45) is 3.47. The first-order valence-corrected chi connectivity index (χ1v) is 13.8. The maximum Gasteiger partial charge on any atom is 0.251 e. The van der Waals surface area contributed by atoms with Crippen LogP contribution in [0.15, 0.2) is 78.9 Å². The number of aromatic nitrogens is 1. The Kier molecular flexibility index (Phi) is 8.24. The number of carbonyl (C=O) groups excluding carboxylic acids is 2. The second-order valence-corrected chi connectivity index (χ2v) is 10.9. The van der Waals surface area contributed by atoms with Gasteiger partial charge in [-0.15, -0.1) is 0 Å². The van der Waals surface area contributed by atoms with Crippen molar-refractivity contribution in [1.82, 2.24) is 15.2 Å². The summed E-state index contributed by atoms with van der Waals surface area (Å²) in [5, 5.41) is 7.48. The second kappa shape index (κ2) is 12.0. The zero-order valence-corrected chi connectivity index (χ0v) is 23.0. The van der Waals surface area contributed by atoms with E-state index in [1.54, 1.807) is 18.2 Å². The number of rotatable bonds is 7. The van der Waals surface area contributed by atoms with Crippen LogP contribution < -0.4 is 10.6 Å². The minimum absolute atomic E-state index is 0.0573. The predicted molar refractivity (Wildman–Crippen MR) is 158 cm³/mol. The van der Waals surface area contributed by atoms with E-state index in [4.69, 9.17) is 11.6 Å². The largest absolute Gasteiger partial charge is 0.349 e. The molecular weight excluding hydrogens is 508 g/mol. The first kappa shape index (κ1) is 26.9. The van der Waals surface area contributed by atoms with Crippen LogP contribution in [0.25, 0.3) is 22.0 Å². The zero-order chi connectivity index (χ0) is 27.4. The standard InChI is InChI=1S/C32H33ClN4O2/c1-37(2)20-24-7-3-4-8-26(24)21-11-15-25(16-12-21)34-32(39)27-9-5-6-10-29(27)36-31(38)23-13-17-28-22(19-23)14-18-30(33)35-28/h3-4,7-8,11-19,27,29H,5-6,9-10,20H2,1-2H3,(H,34,39)(H,36,38)/t27-,29+/m0/s1. The van der Waals surface area contributed by atoms with Crippen molar-refractivity contribution in [2.24, 2.45) is 5.92 Å². The van der Waals surface area contributed by atoms with E-state index in [9.17, 15) is 9.59 Å². The number of carbonyl (C=O) groups is 2. The number of amides is 2. The Morgan fingerprint density at radius 1 is 0.949 bits per heavy atom. The third-order valence-electron chi connectivity index (χ3n) is 7.30. The Balaban J connectivity index is 1.26. The molecule has 1 saturated carbocycles. The van der Waals surface area contributed by atoms with Crippen LogP contribution >= 0.6 is 11.6 Å². The monoisotopic (exact) mass is 540 g/mol. The summed E-state index contributed by atoms with van der Waals surface area (Å²) in [5.74, 6) is -0.528. The Hall–Kier alpha value is -3.74. The van der Waals surface area contributed by atoms with Crippen molar-refractivity contribution in [1.29, 1.82) is 0 Å². The van der Waals surface area contributed by atoms with E-state index in [1.807, 2.05) is 42.5 Å². The third kappa shape index (κ3) is 6.47. The van der Waals surface area contributed by atoms with Gasteiger partial charge < -0.3 is 15.5 Å². The van der Waals surface area contributed by atoms with Crippen molar-refractivity contribution in [3.63, 3.8) is 0 Å². The Labute approximate surface area is 234 Å². The molecule has 1 heterocycles. The normalized spacial score (nSPS) is 17.2. The van der Waals surface area contributed by atoms with E-state index in [0.717, 1.165) is 54.4 Å². The molecule has 0 saturated heterocycles. The van der Waals surface area contributed by atoms with E-state index in [2.05, 4.69) is 52.8 Å². The summed E-state index contributed by atoms with van der Waals surface area (Å²) < 4.78 is 0. The summed E-state index contributed by atoms with van der Waals surface area (Å²) in [4.78, 5) is 32.9. The molecule has 200 valence electrons. The fraction of sp³-hybridized carbons (Fsp3) is 0.281. The molecule has 5 rings (SSSR count). The molecular formula is C32H33ClN4O2. The van der Waals surface area contributed by atoms with Gasteiger partial charge in [0.2, 0.25) is 5.91 Å². The van der Waals surface area contributed by atoms with Crippen molar-refractivity contribution in [3.05, 3.63) is 95.1 Å². The minimum atomic E-state index is -0.288. The highest BCUT2D eigenvalue weighted by atomic mass is 35.5. The van der Waals surface area contributed by atoms with Gasteiger partial charge in [-0.25, -0.2) is 4.98 Å². The van der Waals surface area contributed by atoms with Gasteiger partial charge in [0, 0.05) is 29.2 Å². The van der Waals surface area contributed by atoms with Crippen LogP contribution in [0.1, 0.15) is 41.6 Å². The number of halogens is 1. The molecule has 1 fully saturated rings. The Morgan fingerprint density at radius 2 is 1.72 bits per heavy atom. The summed E-state index contributed by atoms with van der Waals surface area (Å²) >= 11 is 5.98. The minimum Gasteiger partial charge on any atom is -0.349 e. The second-order valence-electron chi connectivity index (χ2n) is 10.5. The molecule has 2 N–H and O–H groups in total. The van der Waals surface area contributed by atoms with E-state index >= 15 is 0 Å². The van der Waals surface area contributed by atoms with Crippen molar-refractivity contribution in [2.45, 2.75) is 38.3 Å². The number of hydrogen-bond acceptors (Lipinski definition) is 4. The van der Waals surface area contributed by atoms with Gasteiger partial charge >= 0.3 is 0 Å². The van der Waals surface area contributed by atoms with Gasteiger partial charge in [0.05, 0.1) is 11.4 Å². The summed E-state index contributed by atoms with van der Waals surface area (Å²) in [5.41, 5.74) is 5.59. The van der Waals surface area contributed by atoms with E-state index in [-0.39, 0.29) is 23.8 Å². The van der Waals surface area contributed by atoms with Crippen LogP contribution in [0.2, 0.25) is 5.15 Å². The SMILES string of the molecule is CN(C)Cc1ccccc1-c1ccc(NC(=O)[C@H]2CCCC[C@H]2NC(=O)c2ccc3nc(Cl)ccc3c2)cc1. The third-order valence-corrected chi connectivity index (χ3v) is 7.51. The van der Waals surface area contributed by atoms with Crippen LogP contribution in [0.3, 0.4) is 0 Å². The number of benzene rings is 3. The van der Waals surface area contributed by atoms with E-state index in [0.29, 0.717) is 10.7 Å². The van der Waals surface area contributed by atoms with Crippen LogP contribution in [-0.2, 0) is 11.3 Å². The molecule has 39 heavy (non-hydrogen) atoms. The lowest BCUT2D eigenvalue weighted by Gasteiger charge is -2.31. The van der Waals surface area contributed by atoms with Gasteiger partial charge in [0.1, 0.15) is 5.15 Å². The number of nitrogens with zero attached hydrogens (tertiary/aromatic N) is 2. The molecule has 0 unspecified atom stereocenters. The topological polar surface area (TPSA) is 74.3 Å². The summed E-state index contributed by atoms with van der Waals surface area (Å²) in [7, 11) is 4.12. The molecule has 6 nitrogen and oxygen atoms in total. The summed E-state index contributed by atoms with van der Waals surface area (Å²) in [6.45, 7) is 0.855. The molecule has 2 atom stereocenters. The van der Waals surface area contributed by atoms with E-state index in [1.165, 1.54) is 11.1 Å². The molecule has 0 bridgehead atoms. The molecule has 4 aromatic rings. The average Bonchev–Trinajstić information content (AvgIpc) is 2.93. The highest BCUT2D eigenvalue weighted by Gasteiger charge is 2.32.